The SMILES string of the molecule is CC(C)(C)C#CC1OC1COCc1ccccc1. The molecule has 2 unspecified atom stereocenters. The van der Waals surface area contributed by atoms with Crippen LogP contribution >= 0.6 is 0 Å². The van der Waals surface area contributed by atoms with Gasteiger partial charge in [0.25, 0.3) is 0 Å². The van der Waals surface area contributed by atoms with Crippen LogP contribution in [0.25, 0.3) is 0 Å². The lowest BCUT2D eigenvalue weighted by Crippen LogP contribution is -2.05. The molecule has 2 atom stereocenters. The topological polar surface area (TPSA) is 21.8 Å². The maximum absolute atomic E-state index is 5.61. The number of benzene rings is 1. The summed E-state index contributed by atoms with van der Waals surface area (Å²) in [6.45, 7) is 7.56. The van der Waals surface area contributed by atoms with Crippen molar-refractivity contribution >= 4 is 0 Å². The Bertz CT molecular complexity index is 434. The van der Waals surface area contributed by atoms with E-state index in [4.69, 9.17) is 9.47 Å². The van der Waals surface area contributed by atoms with Crippen molar-refractivity contribution in [2.45, 2.75) is 39.6 Å². The molecule has 96 valence electrons. The second-order valence-electron chi connectivity index (χ2n) is 5.62. The minimum Gasteiger partial charge on any atom is -0.374 e. The summed E-state index contributed by atoms with van der Waals surface area (Å²) in [4.78, 5) is 0. The first-order valence-corrected chi connectivity index (χ1v) is 6.34. The average Bonchev–Trinajstić information content (AvgIpc) is 3.06. The van der Waals surface area contributed by atoms with Crippen LogP contribution in [0, 0.1) is 17.3 Å². The molecule has 2 rings (SSSR count). The molecule has 1 aromatic rings. The predicted octanol–water partition coefficient (Wildman–Crippen LogP) is 3.02. The lowest BCUT2D eigenvalue weighted by Gasteiger charge is -2.06. The van der Waals surface area contributed by atoms with Crippen LogP contribution in [-0.2, 0) is 16.1 Å². The van der Waals surface area contributed by atoms with E-state index in [0.29, 0.717) is 13.2 Å². The normalized spacial score (nSPS) is 22.2. The zero-order valence-corrected chi connectivity index (χ0v) is 11.3. The largest absolute Gasteiger partial charge is 0.374 e. The van der Waals surface area contributed by atoms with Crippen LogP contribution in [0.15, 0.2) is 30.3 Å². The van der Waals surface area contributed by atoms with Gasteiger partial charge < -0.3 is 9.47 Å². The Morgan fingerprint density at radius 3 is 2.61 bits per heavy atom. The van der Waals surface area contributed by atoms with Gasteiger partial charge in [-0.2, -0.15) is 0 Å². The molecule has 0 bridgehead atoms. The third-order valence-electron chi connectivity index (χ3n) is 2.57. The molecule has 0 radical (unpaired) electrons. The first-order chi connectivity index (χ1) is 8.54. The van der Waals surface area contributed by atoms with E-state index in [2.05, 4.69) is 44.7 Å². The van der Waals surface area contributed by atoms with Crippen LogP contribution in [0.5, 0.6) is 0 Å². The van der Waals surface area contributed by atoms with Gasteiger partial charge in [-0.1, -0.05) is 42.2 Å². The predicted molar refractivity (Wildman–Crippen MR) is 72.0 cm³/mol. The Labute approximate surface area is 109 Å². The van der Waals surface area contributed by atoms with Gasteiger partial charge in [-0.25, -0.2) is 0 Å². The molecule has 1 aromatic carbocycles. The molecule has 1 heterocycles. The molecule has 1 saturated heterocycles. The summed E-state index contributed by atoms with van der Waals surface area (Å²) in [5.74, 6) is 6.33. The summed E-state index contributed by atoms with van der Waals surface area (Å²) in [5, 5.41) is 0. The summed E-state index contributed by atoms with van der Waals surface area (Å²) in [5.41, 5.74) is 1.23. The van der Waals surface area contributed by atoms with Gasteiger partial charge in [0.1, 0.15) is 12.2 Å². The summed E-state index contributed by atoms with van der Waals surface area (Å²) in [6.07, 6.45) is 0.226. The third-order valence-corrected chi connectivity index (χ3v) is 2.57. The highest BCUT2D eigenvalue weighted by Gasteiger charge is 2.37. The van der Waals surface area contributed by atoms with Gasteiger partial charge in [0.15, 0.2) is 0 Å². The standard InChI is InChI=1S/C16H20O2/c1-16(2,3)10-9-14-15(18-14)12-17-11-13-7-5-4-6-8-13/h4-8,14-15H,11-12H2,1-3H3. The van der Waals surface area contributed by atoms with Crippen LogP contribution in [0.4, 0.5) is 0 Å². The number of ether oxygens (including phenoxy) is 2. The van der Waals surface area contributed by atoms with Crippen molar-refractivity contribution in [3.63, 3.8) is 0 Å². The fraction of sp³-hybridized carbons (Fsp3) is 0.500. The lowest BCUT2D eigenvalue weighted by molar-refractivity contribution is 0.104. The van der Waals surface area contributed by atoms with E-state index in [-0.39, 0.29) is 17.6 Å². The number of rotatable bonds is 4. The second kappa shape index (κ2) is 5.56. The first-order valence-electron chi connectivity index (χ1n) is 6.34. The van der Waals surface area contributed by atoms with E-state index in [9.17, 15) is 0 Å². The van der Waals surface area contributed by atoms with Gasteiger partial charge in [0.2, 0.25) is 0 Å². The minimum atomic E-state index is 0.0431. The fourth-order valence-electron chi connectivity index (χ4n) is 1.55. The van der Waals surface area contributed by atoms with Crippen molar-refractivity contribution in [2.24, 2.45) is 5.41 Å². The molecule has 0 saturated carbocycles. The molecule has 0 amide bonds. The number of hydrogen-bond donors (Lipinski definition) is 0. The molecule has 1 fully saturated rings. The van der Waals surface area contributed by atoms with E-state index in [1.165, 1.54) is 5.56 Å². The average molecular weight is 244 g/mol. The molecule has 1 aliphatic heterocycles. The maximum Gasteiger partial charge on any atom is 0.147 e. The van der Waals surface area contributed by atoms with Crippen LogP contribution in [0.1, 0.15) is 26.3 Å². The maximum atomic E-state index is 5.61. The van der Waals surface area contributed by atoms with E-state index >= 15 is 0 Å². The fourth-order valence-corrected chi connectivity index (χ4v) is 1.55. The Hall–Kier alpha value is -1.30. The van der Waals surface area contributed by atoms with Gasteiger partial charge in [-0.15, -0.1) is 0 Å². The molecular weight excluding hydrogens is 224 g/mol. The number of epoxide rings is 1. The van der Waals surface area contributed by atoms with Crippen LogP contribution in [-0.4, -0.2) is 18.8 Å². The first kappa shape index (κ1) is 13.1. The van der Waals surface area contributed by atoms with Crippen LogP contribution in [0.3, 0.4) is 0 Å². The summed E-state index contributed by atoms with van der Waals surface area (Å²) in [7, 11) is 0. The van der Waals surface area contributed by atoms with Gasteiger partial charge >= 0.3 is 0 Å². The molecular formula is C16H20O2. The zero-order chi connectivity index (χ0) is 13.0. The molecule has 18 heavy (non-hydrogen) atoms. The molecule has 0 N–H and O–H groups in total. The summed E-state index contributed by atoms with van der Waals surface area (Å²) < 4.78 is 11.1. The van der Waals surface area contributed by atoms with E-state index < -0.39 is 0 Å². The monoisotopic (exact) mass is 244 g/mol. The van der Waals surface area contributed by atoms with Crippen molar-refractivity contribution in [3.8, 4) is 11.8 Å². The highest BCUT2D eigenvalue weighted by molar-refractivity contribution is 5.18. The second-order valence-corrected chi connectivity index (χ2v) is 5.62. The summed E-state index contributed by atoms with van der Waals surface area (Å²) in [6, 6.07) is 10.2. The van der Waals surface area contributed by atoms with Gasteiger partial charge in [-0.3, -0.25) is 0 Å². The molecule has 0 aromatic heterocycles. The van der Waals surface area contributed by atoms with Crippen molar-refractivity contribution in [3.05, 3.63) is 35.9 Å². The number of hydrogen-bond acceptors (Lipinski definition) is 2. The van der Waals surface area contributed by atoms with Gasteiger partial charge in [0, 0.05) is 5.41 Å². The smallest absolute Gasteiger partial charge is 0.147 e. The van der Waals surface area contributed by atoms with Crippen LogP contribution < -0.4 is 0 Å². The molecule has 2 nitrogen and oxygen atoms in total. The molecule has 1 aliphatic rings. The molecule has 0 aliphatic carbocycles. The van der Waals surface area contributed by atoms with Gasteiger partial charge in [0.05, 0.1) is 13.2 Å². The van der Waals surface area contributed by atoms with E-state index in [1.807, 2.05) is 18.2 Å². The van der Waals surface area contributed by atoms with E-state index in [1.54, 1.807) is 0 Å². The third kappa shape index (κ3) is 4.52. The van der Waals surface area contributed by atoms with Crippen LogP contribution in [0.2, 0.25) is 0 Å². The Morgan fingerprint density at radius 2 is 1.94 bits per heavy atom. The minimum absolute atomic E-state index is 0.0431. The Kier molecular flexibility index (Phi) is 4.06. The summed E-state index contributed by atoms with van der Waals surface area (Å²) >= 11 is 0. The lowest BCUT2D eigenvalue weighted by atomic mass is 9.98. The Balaban J connectivity index is 1.67. The highest BCUT2D eigenvalue weighted by atomic mass is 16.6. The quantitative estimate of drug-likeness (QED) is 0.600. The zero-order valence-electron chi connectivity index (χ0n) is 11.3. The van der Waals surface area contributed by atoms with E-state index in [0.717, 1.165) is 0 Å². The molecule has 0 spiro atoms. The van der Waals surface area contributed by atoms with Crippen molar-refractivity contribution in [2.75, 3.05) is 6.61 Å². The van der Waals surface area contributed by atoms with Crippen molar-refractivity contribution < 1.29 is 9.47 Å². The van der Waals surface area contributed by atoms with Crippen molar-refractivity contribution in [1.29, 1.82) is 0 Å². The van der Waals surface area contributed by atoms with Gasteiger partial charge in [-0.05, 0) is 26.3 Å². The Morgan fingerprint density at radius 1 is 1.22 bits per heavy atom. The van der Waals surface area contributed by atoms with Crippen molar-refractivity contribution in [1.82, 2.24) is 0 Å². The highest BCUT2D eigenvalue weighted by Crippen LogP contribution is 2.23. The molecule has 2 heteroatoms.